The fourth-order valence-corrected chi connectivity index (χ4v) is 5.90. The van der Waals surface area contributed by atoms with Crippen molar-refractivity contribution >= 4 is 32.3 Å². The van der Waals surface area contributed by atoms with E-state index in [2.05, 4.69) is 21.3 Å². The molecule has 0 saturated carbocycles. The molecule has 0 bridgehead atoms. The van der Waals surface area contributed by atoms with Crippen LogP contribution in [-0.4, -0.2) is 61.9 Å². The van der Waals surface area contributed by atoms with Gasteiger partial charge in [-0.3, -0.25) is 9.88 Å². The van der Waals surface area contributed by atoms with Crippen LogP contribution in [0.4, 0.5) is 11.4 Å². The van der Waals surface area contributed by atoms with Crippen molar-refractivity contribution in [2.75, 3.05) is 44.6 Å². The molecule has 1 saturated heterocycles. The molecule has 1 fully saturated rings. The number of ether oxygens (including phenoxy) is 1. The van der Waals surface area contributed by atoms with Crippen LogP contribution < -0.4 is 10.1 Å². The minimum absolute atomic E-state index is 0.352. The summed E-state index contributed by atoms with van der Waals surface area (Å²) in [6.45, 7) is 5.61. The van der Waals surface area contributed by atoms with E-state index in [4.69, 9.17) is 4.74 Å². The van der Waals surface area contributed by atoms with Gasteiger partial charge in [-0.25, -0.2) is 8.42 Å². The van der Waals surface area contributed by atoms with Gasteiger partial charge in [-0.15, -0.1) is 0 Å². The van der Waals surface area contributed by atoms with Gasteiger partial charge in [0.25, 0.3) is 0 Å². The van der Waals surface area contributed by atoms with Gasteiger partial charge >= 0.3 is 0 Å². The van der Waals surface area contributed by atoms with Crippen molar-refractivity contribution < 1.29 is 13.2 Å². The third-order valence-corrected chi connectivity index (χ3v) is 8.26. The number of nitrogens with one attached hydrogen (secondary N) is 1. The summed E-state index contributed by atoms with van der Waals surface area (Å²) in [4.78, 5) is 7.20. The molecule has 1 aromatic heterocycles. The Labute approximate surface area is 212 Å². The van der Waals surface area contributed by atoms with Crippen molar-refractivity contribution in [3.63, 3.8) is 0 Å². The van der Waals surface area contributed by atoms with Gasteiger partial charge in [0.15, 0.2) is 0 Å². The van der Waals surface area contributed by atoms with Crippen LogP contribution in [0.2, 0.25) is 0 Å². The molecule has 0 unspecified atom stereocenters. The lowest BCUT2D eigenvalue weighted by Gasteiger charge is -2.33. The number of benzene rings is 3. The van der Waals surface area contributed by atoms with Crippen molar-refractivity contribution in [2.24, 2.45) is 0 Å². The summed E-state index contributed by atoms with van der Waals surface area (Å²) in [7, 11) is -3.43. The summed E-state index contributed by atoms with van der Waals surface area (Å²) >= 11 is 0. The zero-order chi connectivity index (χ0) is 25.0. The topological polar surface area (TPSA) is 74.8 Å². The maximum absolute atomic E-state index is 12.8. The number of para-hydroxylation sites is 1. The predicted octanol–water partition coefficient (Wildman–Crippen LogP) is 4.67. The molecule has 1 N–H and O–H groups in total. The molecule has 3 aromatic carbocycles. The van der Waals surface area contributed by atoms with Gasteiger partial charge in [0.1, 0.15) is 12.4 Å². The maximum atomic E-state index is 12.8. The molecule has 186 valence electrons. The second-order valence-electron chi connectivity index (χ2n) is 8.89. The Morgan fingerprint density at radius 1 is 0.889 bits per heavy atom. The third kappa shape index (κ3) is 5.51. The Balaban J connectivity index is 1.14. The van der Waals surface area contributed by atoms with Crippen LogP contribution in [0, 0.1) is 6.92 Å². The predicted molar refractivity (Wildman–Crippen MR) is 143 cm³/mol. The monoisotopic (exact) mass is 502 g/mol. The number of hydrogen-bond acceptors (Lipinski definition) is 6. The highest BCUT2D eigenvalue weighted by Gasteiger charge is 2.28. The highest BCUT2D eigenvalue weighted by molar-refractivity contribution is 7.89. The number of aromatic nitrogens is 1. The van der Waals surface area contributed by atoms with E-state index in [-0.39, 0.29) is 0 Å². The quantitative estimate of drug-likeness (QED) is 0.377. The van der Waals surface area contributed by atoms with E-state index in [9.17, 15) is 8.42 Å². The van der Waals surface area contributed by atoms with E-state index < -0.39 is 10.0 Å². The van der Waals surface area contributed by atoms with Crippen molar-refractivity contribution in [3.05, 3.63) is 90.6 Å². The second kappa shape index (κ2) is 10.7. The summed E-state index contributed by atoms with van der Waals surface area (Å²) in [5, 5.41) is 4.58. The molecular formula is C28H30N4O3S. The first-order valence-corrected chi connectivity index (χ1v) is 13.6. The van der Waals surface area contributed by atoms with Crippen LogP contribution >= 0.6 is 0 Å². The van der Waals surface area contributed by atoms with E-state index in [1.807, 2.05) is 61.5 Å². The molecule has 1 aliphatic rings. The van der Waals surface area contributed by atoms with Crippen LogP contribution in [0.15, 0.2) is 89.8 Å². The molecule has 8 heteroatoms. The molecule has 4 aromatic rings. The molecule has 0 atom stereocenters. The number of hydrogen-bond donors (Lipinski definition) is 1. The summed E-state index contributed by atoms with van der Waals surface area (Å²) in [5.41, 5.74) is 3.88. The summed E-state index contributed by atoms with van der Waals surface area (Å²) in [6, 6.07) is 26.7. The molecular weight excluding hydrogens is 472 g/mol. The van der Waals surface area contributed by atoms with E-state index in [1.165, 1.54) is 0 Å². The largest absolute Gasteiger partial charge is 0.492 e. The normalized spacial score (nSPS) is 15.1. The lowest BCUT2D eigenvalue weighted by molar-refractivity contribution is 0.159. The van der Waals surface area contributed by atoms with E-state index >= 15 is 0 Å². The van der Waals surface area contributed by atoms with Gasteiger partial charge in [0, 0.05) is 61.2 Å². The Kier molecular flexibility index (Phi) is 7.18. The number of nitrogens with zero attached hydrogens (tertiary/aromatic N) is 3. The molecule has 0 spiro atoms. The number of sulfonamides is 1. The SMILES string of the molecule is Cc1cc(Nc2cccc(OCCN3CCN(S(=O)(=O)c4ccccc4)CC3)c2)c2ccccc2n1. The summed E-state index contributed by atoms with van der Waals surface area (Å²) in [6.07, 6.45) is 0. The fraction of sp³-hybridized carbons (Fsp3) is 0.250. The van der Waals surface area contributed by atoms with Crippen molar-refractivity contribution in [1.82, 2.24) is 14.2 Å². The molecule has 0 radical (unpaired) electrons. The lowest BCUT2D eigenvalue weighted by atomic mass is 10.1. The standard InChI is InChI=1S/C28H30N4O3S/c1-22-20-28(26-12-5-6-13-27(26)29-22)30-23-8-7-9-24(21-23)35-19-18-31-14-16-32(17-15-31)36(33,34)25-10-3-2-4-11-25/h2-13,20-21H,14-19H2,1H3,(H,29,30). The molecule has 5 rings (SSSR count). The van der Waals surface area contributed by atoms with Crippen LogP contribution in [0.3, 0.4) is 0 Å². The van der Waals surface area contributed by atoms with Gasteiger partial charge in [-0.2, -0.15) is 4.31 Å². The molecule has 1 aliphatic heterocycles. The van der Waals surface area contributed by atoms with Crippen LogP contribution in [0.1, 0.15) is 5.69 Å². The highest BCUT2D eigenvalue weighted by atomic mass is 32.2. The number of rotatable bonds is 8. The van der Waals surface area contributed by atoms with Gasteiger partial charge in [-0.05, 0) is 43.3 Å². The zero-order valence-electron chi connectivity index (χ0n) is 20.3. The van der Waals surface area contributed by atoms with Crippen LogP contribution in [0.25, 0.3) is 10.9 Å². The first kappa shape index (κ1) is 24.2. The molecule has 2 heterocycles. The number of anilines is 2. The zero-order valence-corrected chi connectivity index (χ0v) is 21.1. The number of piperazine rings is 1. The number of aryl methyl sites for hydroxylation is 1. The molecule has 0 aliphatic carbocycles. The highest BCUT2D eigenvalue weighted by Crippen LogP contribution is 2.28. The van der Waals surface area contributed by atoms with Crippen molar-refractivity contribution in [1.29, 1.82) is 0 Å². The van der Waals surface area contributed by atoms with Gasteiger partial charge in [0.2, 0.25) is 10.0 Å². The minimum atomic E-state index is -3.43. The smallest absolute Gasteiger partial charge is 0.243 e. The first-order valence-electron chi connectivity index (χ1n) is 12.1. The average Bonchev–Trinajstić information content (AvgIpc) is 2.90. The van der Waals surface area contributed by atoms with Gasteiger partial charge in [0.05, 0.1) is 10.4 Å². The van der Waals surface area contributed by atoms with E-state index in [1.54, 1.807) is 28.6 Å². The Morgan fingerprint density at radius 2 is 1.64 bits per heavy atom. The Morgan fingerprint density at radius 3 is 2.44 bits per heavy atom. The summed E-state index contributed by atoms with van der Waals surface area (Å²) < 4.78 is 33.2. The molecule has 36 heavy (non-hydrogen) atoms. The van der Waals surface area contributed by atoms with Crippen LogP contribution in [0.5, 0.6) is 5.75 Å². The fourth-order valence-electron chi connectivity index (χ4n) is 4.46. The van der Waals surface area contributed by atoms with Gasteiger partial charge in [-0.1, -0.05) is 42.5 Å². The van der Waals surface area contributed by atoms with Crippen molar-refractivity contribution in [3.8, 4) is 5.75 Å². The van der Waals surface area contributed by atoms with Gasteiger partial charge < -0.3 is 10.1 Å². The second-order valence-corrected chi connectivity index (χ2v) is 10.8. The first-order chi connectivity index (χ1) is 17.5. The molecule has 0 amide bonds. The van der Waals surface area contributed by atoms with E-state index in [0.717, 1.165) is 40.3 Å². The maximum Gasteiger partial charge on any atom is 0.243 e. The minimum Gasteiger partial charge on any atom is -0.492 e. The van der Waals surface area contributed by atoms with Crippen LogP contribution in [-0.2, 0) is 10.0 Å². The summed E-state index contributed by atoms with van der Waals surface area (Å²) in [5.74, 6) is 0.792. The lowest BCUT2D eigenvalue weighted by Crippen LogP contribution is -2.49. The van der Waals surface area contributed by atoms with Crippen molar-refractivity contribution in [2.45, 2.75) is 11.8 Å². The number of fused-ring (bicyclic) bond motifs is 1. The Bertz CT molecular complexity index is 1440. The Hall–Kier alpha value is -3.46. The average molecular weight is 503 g/mol. The molecule has 7 nitrogen and oxygen atoms in total. The third-order valence-electron chi connectivity index (χ3n) is 6.35. The van der Waals surface area contributed by atoms with E-state index in [0.29, 0.717) is 37.7 Å². The number of pyridine rings is 1.